The molecule has 1 fully saturated rings. The number of benzene rings is 1. The largest absolute Gasteiger partial charge is 0.336 e. The van der Waals surface area contributed by atoms with Crippen LogP contribution in [0.25, 0.3) is 0 Å². The zero-order valence-corrected chi connectivity index (χ0v) is 15.3. The molecule has 132 valence electrons. The lowest BCUT2D eigenvalue weighted by molar-refractivity contribution is -0.385. The Morgan fingerprint density at radius 1 is 1.24 bits per heavy atom. The van der Waals surface area contributed by atoms with E-state index in [9.17, 15) is 14.9 Å². The lowest BCUT2D eigenvalue weighted by Crippen LogP contribution is -2.48. The molecule has 0 radical (unpaired) electrons. The highest BCUT2D eigenvalue weighted by molar-refractivity contribution is 7.16. The van der Waals surface area contributed by atoms with Gasteiger partial charge in [-0.15, -0.1) is 11.3 Å². The van der Waals surface area contributed by atoms with E-state index in [4.69, 9.17) is 11.6 Å². The van der Waals surface area contributed by atoms with Gasteiger partial charge in [0.25, 0.3) is 11.6 Å². The number of amides is 1. The molecule has 1 aliphatic rings. The standard InChI is InChI=1S/C17H18ClN3O3S/c1-12-14(3-2-4-15(12)21(23)24)17(22)20-9-7-19(8-10-20)11-13-5-6-16(18)25-13/h2-6H,7-11H2,1H3. The minimum atomic E-state index is -0.448. The van der Waals surface area contributed by atoms with Crippen molar-refractivity contribution in [2.75, 3.05) is 26.2 Å². The molecule has 1 saturated heterocycles. The minimum Gasteiger partial charge on any atom is -0.336 e. The van der Waals surface area contributed by atoms with Gasteiger partial charge in [-0.1, -0.05) is 17.7 Å². The fourth-order valence-electron chi connectivity index (χ4n) is 2.99. The van der Waals surface area contributed by atoms with Crippen LogP contribution in [0.3, 0.4) is 0 Å². The number of piperazine rings is 1. The van der Waals surface area contributed by atoms with Crippen LogP contribution in [0, 0.1) is 17.0 Å². The zero-order valence-electron chi connectivity index (χ0n) is 13.8. The van der Waals surface area contributed by atoms with Crippen molar-refractivity contribution >= 4 is 34.5 Å². The first kappa shape index (κ1) is 17.8. The molecule has 0 saturated carbocycles. The van der Waals surface area contributed by atoms with Crippen molar-refractivity contribution in [3.05, 3.63) is 60.8 Å². The third-order valence-corrected chi connectivity index (χ3v) is 5.62. The first-order chi connectivity index (χ1) is 12.0. The Hall–Kier alpha value is -1.96. The second-order valence-corrected chi connectivity index (χ2v) is 7.78. The molecule has 0 bridgehead atoms. The summed E-state index contributed by atoms with van der Waals surface area (Å²) in [5, 5.41) is 11.1. The molecule has 2 heterocycles. The molecule has 1 aromatic carbocycles. The van der Waals surface area contributed by atoms with E-state index in [0.29, 0.717) is 24.2 Å². The van der Waals surface area contributed by atoms with Gasteiger partial charge in [0.1, 0.15) is 0 Å². The molecule has 8 heteroatoms. The summed E-state index contributed by atoms with van der Waals surface area (Å²) in [5.74, 6) is -0.139. The van der Waals surface area contributed by atoms with Crippen molar-refractivity contribution in [1.29, 1.82) is 0 Å². The highest BCUT2D eigenvalue weighted by Crippen LogP contribution is 2.24. The van der Waals surface area contributed by atoms with Crippen LogP contribution < -0.4 is 0 Å². The molecular weight excluding hydrogens is 362 g/mol. The average molecular weight is 380 g/mol. The average Bonchev–Trinajstić information content (AvgIpc) is 3.00. The first-order valence-electron chi connectivity index (χ1n) is 7.95. The molecule has 0 atom stereocenters. The van der Waals surface area contributed by atoms with Gasteiger partial charge in [0.05, 0.1) is 9.26 Å². The van der Waals surface area contributed by atoms with Crippen LogP contribution >= 0.6 is 22.9 Å². The Morgan fingerprint density at radius 3 is 2.56 bits per heavy atom. The van der Waals surface area contributed by atoms with Crippen LogP contribution in [0.2, 0.25) is 4.34 Å². The van der Waals surface area contributed by atoms with Gasteiger partial charge in [0.2, 0.25) is 0 Å². The van der Waals surface area contributed by atoms with Crippen molar-refractivity contribution in [3.8, 4) is 0 Å². The summed E-state index contributed by atoms with van der Waals surface area (Å²) in [6.07, 6.45) is 0. The van der Waals surface area contributed by atoms with E-state index in [0.717, 1.165) is 24.0 Å². The molecule has 3 rings (SSSR count). The number of nitro groups is 1. The van der Waals surface area contributed by atoms with Crippen molar-refractivity contribution in [2.45, 2.75) is 13.5 Å². The van der Waals surface area contributed by atoms with E-state index < -0.39 is 4.92 Å². The molecule has 0 aliphatic carbocycles. The highest BCUT2D eigenvalue weighted by Gasteiger charge is 2.25. The van der Waals surface area contributed by atoms with Gasteiger partial charge in [-0.2, -0.15) is 0 Å². The third-order valence-electron chi connectivity index (χ3n) is 4.40. The van der Waals surface area contributed by atoms with E-state index in [2.05, 4.69) is 4.90 Å². The first-order valence-corrected chi connectivity index (χ1v) is 9.15. The van der Waals surface area contributed by atoms with Crippen molar-refractivity contribution in [3.63, 3.8) is 0 Å². The smallest absolute Gasteiger partial charge is 0.273 e. The maximum absolute atomic E-state index is 12.7. The molecule has 1 aromatic heterocycles. The summed E-state index contributed by atoms with van der Waals surface area (Å²) < 4.78 is 0.782. The van der Waals surface area contributed by atoms with E-state index in [1.807, 2.05) is 12.1 Å². The number of carbonyl (C=O) groups is 1. The van der Waals surface area contributed by atoms with E-state index in [1.165, 1.54) is 10.9 Å². The van der Waals surface area contributed by atoms with Gasteiger partial charge in [0.15, 0.2) is 0 Å². The Kier molecular flexibility index (Phi) is 5.36. The monoisotopic (exact) mass is 379 g/mol. The van der Waals surface area contributed by atoms with Crippen molar-refractivity contribution in [2.24, 2.45) is 0 Å². The number of halogens is 1. The number of thiophene rings is 1. The topological polar surface area (TPSA) is 66.7 Å². The van der Waals surface area contributed by atoms with Crippen molar-refractivity contribution < 1.29 is 9.72 Å². The van der Waals surface area contributed by atoms with Gasteiger partial charge in [-0.3, -0.25) is 19.8 Å². The van der Waals surface area contributed by atoms with Gasteiger partial charge < -0.3 is 4.90 Å². The fourth-order valence-corrected chi connectivity index (χ4v) is 4.12. The summed E-state index contributed by atoms with van der Waals surface area (Å²) in [6.45, 7) is 5.22. The van der Waals surface area contributed by atoms with Crippen LogP contribution in [0.1, 0.15) is 20.8 Å². The quantitative estimate of drug-likeness (QED) is 0.601. The van der Waals surface area contributed by atoms with Crippen LogP contribution in [0.5, 0.6) is 0 Å². The Bertz CT molecular complexity index is 800. The molecule has 6 nitrogen and oxygen atoms in total. The lowest BCUT2D eigenvalue weighted by atomic mass is 10.1. The molecule has 0 unspecified atom stereocenters. The Balaban J connectivity index is 1.64. The number of carbonyl (C=O) groups excluding carboxylic acids is 1. The third kappa shape index (κ3) is 4.00. The fraction of sp³-hybridized carbons (Fsp3) is 0.353. The maximum atomic E-state index is 12.7. The van der Waals surface area contributed by atoms with Gasteiger partial charge in [0, 0.05) is 54.8 Å². The molecule has 0 N–H and O–H groups in total. The van der Waals surface area contributed by atoms with Gasteiger partial charge >= 0.3 is 0 Å². The van der Waals surface area contributed by atoms with Crippen LogP contribution in [0.4, 0.5) is 5.69 Å². The summed E-state index contributed by atoms with van der Waals surface area (Å²) in [6, 6.07) is 8.57. The highest BCUT2D eigenvalue weighted by atomic mass is 35.5. The van der Waals surface area contributed by atoms with Crippen molar-refractivity contribution in [1.82, 2.24) is 9.80 Å². The zero-order chi connectivity index (χ0) is 18.0. The number of rotatable bonds is 4. The van der Waals surface area contributed by atoms with E-state index in [1.54, 1.807) is 35.3 Å². The summed E-state index contributed by atoms with van der Waals surface area (Å²) in [4.78, 5) is 28.6. The molecule has 25 heavy (non-hydrogen) atoms. The van der Waals surface area contributed by atoms with Gasteiger partial charge in [-0.05, 0) is 25.1 Å². The van der Waals surface area contributed by atoms with Crippen LogP contribution in [-0.4, -0.2) is 46.8 Å². The van der Waals surface area contributed by atoms with Gasteiger partial charge in [-0.25, -0.2) is 0 Å². The SMILES string of the molecule is Cc1c(C(=O)N2CCN(Cc3ccc(Cl)s3)CC2)cccc1[N+](=O)[O-]. The van der Waals surface area contributed by atoms with E-state index >= 15 is 0 Å². The molecular formula is C17H18ClN3O3S. The predicted octanol–water partition coefficient (Wildman–Crippen LogP) is 3.58. The van der Waals surface area contributed by atoms with Crippen LogP contribution in [-0.2, 0) is 6.54 Å². The molecule has 2 aromatic rings. The Morgan fingerprint density at radius 2 is 1.96 bits per heavy atom. The number of hydrogen-bond donors (Lipinski definition) is 0. The normalized spacial score (nSPS) is 15.4. The summed E-state index contributed by atoms with van der Waals surface area (Å²) in [7, 11) is 0. The number of hydrogen-bond acceptors (Lipinski definition) is 5. The Labute approximate surface area is 154 Å². The number of nitro benzene ring substituents is 1. The van der Waals surface area contributed by atoms with Crippen LogP contribution in [0.15, 0.2) is 30.3 Å². The maximum Gasteiger partial charge on any atom is 0.273 e. The van der Waals surface area contributed by atoms with E-state index in [-0.39, 0.29) is 11.6 Å². The number of nitrogens with zero attached hydrogens (tertiary/aromatic N) is 3. The minimum absolute atomic E-state index is 0.0148. The molecule has 0 spiro atoms. The predicted molar refractivity (Wildman–Crippen MR) is 98.3 cm³/mol. The molecule has 1 aliphatic heterocycles. The molecule has 1 amide bonds. The second kappa shape index (κ2) is 7.51. The lowest BCUT2D eigenvalue weighted by Gasteiger charge is -2.34. The second-order valence-electron chi connectivity index (χ2n) is 5.98. The summed E-state index contributed by atoms with van der Waals surface area (Å²) >= 11 is 7.53. The summed E-state index contributed by atoms with van der Waals surface area (Å²) in [5.41, 5.74) is 0.819.